The van der Waals surface area contributed by atoms with Gasteiger partial charge < -0.3 is 14.2 Å². The molecule has 0 bridgehead atoms. The van der Waals surface area contributed by atoms with E-state index < -0.39 is 0 Å². The second-order valence-corrected chi connectivity index (χ2v) is 3.88. The lowest BCUT2D eigenvalue weighted by Gasteiger charge is -2.07. The molecular formula is C12H12ClN3O3. The Bertz CT molecular complexity index is 570. The molecule has 0 amide bonds. The van der Waals surface area contributed by atoms with Crippen LogP contribution in [0.2, 0.25) is 5.15 Å². The molecule has 100 valence electrons. The summed E-state index contributed by atoms with van der Waals surface area (Å²) in [5.41, 5.74) is 0.661. The van der Waals surface area contributed by atoms with Gasteiger partial charge in [-0.15, -0.1) is 0 Å². The fourth-order valence-corrected chi connectivity index (χ4v) is 1.65. The lowest BCUT2D eigenvalue weighted by molar-refractivity contribution is 0.372. The molecule has 2 aromatic heterocycles. The molecule has 2 aromatic rings. The number of nitrogens with zero attached hydrogens (tertiary/aromatic N) is 3. The summed E-state index contributed by atoms with van der Waals surface area (Å²) in [6.45, 7) is 0. The Balaban J connectivity index is 2.54. The highest BCUT2D eigenvalue weighted by Gasteiger charge is 2.10. The van der Waals surface area contributed by atoms with Gasteiger partial charge in [0.15, 0.2) is 5.82 Å². The Labute approximate surface area is 115 Å². The van der Waals surface area contributed by atoms with Gasteiger partial charge in [-0.05, 0) is 6.07 Å². The summed E-state index contributed by atoms with van der Waals surface area (Å²) in [4.78, 5) is 12.5. The second-order valence-electron chi connectivity index (χ2n) is 3.50. The fourth-order valence-electron chi connectivity index (χ4n) is 1.45. The van der Waals surface area contributed by atoms with Gasteiger partial charge in [0.25, 0.3) is 0 Å². The summed E-state index contributed by atoms with van der Waals surface area (Å²) in [5, 5.41) is 0.291. The molecule has 0 saturated heterocycles. The lowest BCUT2D eigenvalue weighted by atomic mass is 10.2. The second kappa shape index (κ2) is 5.71. The standard InChI is InChI=1S/C12H12ClN3O3/c1-17-9-5-7(4-8(13)14-9)12-15-10(18-2)6-11(16-12)19-3/h4-6H,1-3H3. The van der Waals surface area contributed by atoms with Crippen LogP contribution >= 0.6 is 11.6 Å². The zero-order valence-corrected chi connectivity index (χ0v) is 11.4. The summed E-state index contributed by atoms with van der Waals surface area (Å²) < 4.78 is 15.2. The van der Waals surface area contributed by atoms with E-state index in [2.05, 4.69) is 15.0 Å². The van der Waals surface area contributed by atoms with Crippen LogP contribution < -0.4 is 14.2 Å². The normalized spacial score (nSPS) is 10.1. The van der Waals surface area contributed by atoms with Crippen LogP contribution in [-0.4, -0.2) is 36.3 Å². The van der Waals surface area contributed by atoms with E-state index >= 15 is 0 Å². The van der Waals surface area contributed by atoms with Crippen LogP contribution in [0.25, 0.3) is 11.4 Å². The first kappa shape index (κ1) is 13.4. The van der Waals surface area contributed by atoms with Gasteiger partial charge in [-0.1, -0.05) is 11.6 Å². The third kappa shape index (κ3) is 3.03. The number of halogens is 1. The van der Waals surface area contributed by atoms with E-state index in [1.807, 2.05) is 0 Å². The van der Waals surface area contributed by atoms with Gasteiger partial charge in [0, 0.05) is 11.6 Å². The monoisotopic (exact) mass is 281 g/mol. The van der Waals surface area contributed by atoms with E-state index in [1.54, 1.807) is 18.2 Å². The predicted molar refractivity (Wildman–Crippen MR) is 69.9 cm³/mol. The van der Waals surface area contributed by atoms with Gasteiger partial charge in [0.1, 0.15) is 5.15 Å². The van der Waals surface area contributed by atoms with Crippen molar-refractivity contribution < 1.29 is 14.2 Å². The Hall–Kier alpha value is -2.08. The van der Waals surface area contributed by atoms with E-state index in [-0.39, 0.29) is 0 Å². The van der Waals surface area contributed by atoms with Crippen LogP contribution in [0.15, 0.2) is 18.2 Å². The van der Waals surface area contributed by atoms with Crippen molar-refractivity contribution in [1.82, 2.24) is 15.0 Å². The number of rotatable bonds is 4. The van der Waals surface area contributed by atoms with E-state index in [0.29, 0.717) is 34.2 Å². The zero-order valence-electron chi connectivity index (χ0n) is 10.7. The highest BCUT2D eigenvalue weighted by Crippen LogP contribution is 2.26. The summed E-state index contributed by atoms with van der Waals surface area (Å²) in [6.07, 6.45) is 0. The van der Waals surface area contributed by atoms with Gasteiger partial charge in [0.05, 0.1) is 27.4 Å². The highest BCUT2D eigenvalue weighted by molar-refractivity contribution is 6.29. The third-order valence-electron chi connectivity index (χ3n) is 2.34. The van der Waals surface area contributed by atoms with Crippen molar-refractivity contribution in [2.75, 3.05) is 21.3 Å². The average molecular weight is 282 g/mol. The topological polar surface area (TPSA) is 66.4 Å². The van der Waals surface area contributed by atoms with Crippen LogP contribution in [0.5, 0.6) is 17.6 Å². The Morgan fingerprint density at radius 2 is 1.32 bits per heavy atom. The fraction of sp³-hybridized carbons (Fsp3) is 0.250. The molecule has 19 heavy (non-hydrogen) atoms. The SMILES string of the molecule is COc1cc(-c2nc(OC)cc(OC)n2)cc(Cl)n1. The van der Waals surface area contributed by atoms with Crippen molar-refractivity contribution in [1.29, 1.82) is 0 Å². The molecule has 0 saturated carbocycles. The minimum absolute atomic E-state index is 0.291. The van der Waals surface area contributed by atoms with Gasteiger partial charge in [-0.25, -0.2) is 4.98 Å². The number of pyridine rings is 1. The summed E-state index contributed by atoms with van der Waals surface area (Å²) >= 11 is 5.92. The maximum absolute atomic E-state index is 5.92. The molecule has 0 N–H and O–H groups in total. The molecule has 0 aliphatic rings. The molecule has 0 atom stereocenters. The largest absolute Gasteiger partial charge is 0.481 e. The van der Waals surface area contributed by atoms with Crippen LogP contribution in [-0.2, 0) is 0 Å². The highest BCUT2D eigenvalue weighted by atomic mass is 35.5. The maximum atomic E-state index is 5.92. The third-order valence-corrected chi connectivity index (χ3v) is 2.53. The number of methoxy groups -OCH3 is 3. The van der Waals surface area contributed by atoms with Crippen LogP contribution in [0.4, 0.5) is 0 Å². The quantitative estimate of drug-likeness (QED) is 0.801. The molecule has 0 radical (unpaired) electrons. The maximum Gasteiger partial charge on any atom is 0.220 e. The van der Waals surface area contributed by atoms with Crippen molar-refractivity contribution >= 4 is 11.6 Å². The first-order valence-corrected chi connectivity index (χ1v) is 5.73. The van der Waals surface area contributed by atoms with E-state index in [0.717, 1.165) is 0 Å². The first-order valence-electron chi connectivity index (χ1n) is 5.35. The van der Waals surface area contributed by atoms with Crippen molar-refractivity contribution in [2.45, 2.75) is 0 Å². The molecule has 0 unspecified atom stereocenters. The van der Waals surface area contributed by atoms with Gasteiger partial charge in [-0.2, -0.15) is 9.97 Å². The smallest absolute Gasteiger partial charge is 0.220 e. The van der Waals surface area contributed by atoms with Crippen molar-refractivity contribution in [3.8, 4) is 29.0 Å². The van der Waals surface area contributed by atoms with Crippen molar-refractivity contribution in [3.05, 3.63) is 23.4 Å². The molecule has 0 aliphatic heterocycles. The molecule has 0 fully saturated rings. The van der Waals surface area contributed by atoms with Crippen LogP contribution in [0, 0.1) is 0 Å². The zero-order chi connectivity index (χ0) is 13.8. The molecule has 6 nitrogen and oxygen atoms in total. The molecule has 0 spiro atoms. The molecule has 2 heterocycles. The molecular weight excluding hydrogens is 270 g/mol. The Kier molecular flexibility index (Phi) is 4.01. The van der Waals surface area contributed by atoms with E-state index in [1.165, 1.54) is 21.3 Å². The van der Waals surface area contributed by atoms with Gasteiger partial charge in [0.2, 0.25) is 17.6 Å². The molecule has 2 rings (SSSR count). The number of hydrogen-bond acceptors (Lipinski definition) is 6. The predicted octanol–water partition coefficient (Wildman–Crippen LogP) is 2.22. The molecule has 0 aliphatic carbocycles. The Morgan fingerprint density at radius 1 is 0.789 bits per heavy atom. The van der Waals surface area contributed by atoms with Crippen LogP contribution in [0.1, 0.15) is 0 Å². The minimum atomic E-state index is 0.291. The van der Waals surface area contributed by atoms with Crippen molar-refractivity contribution in [2.24, 2.45) is 0 Å². The number of aromatic nitrogens is 3. The van der Waals surface area contributed by atoms with Gasteiger partial charge >= 0.3 is 0 Å². The molecule has 7 heteroatoms. The summed E-state index contributed by atoms with van der Waals surface area (Å²) in [6, 6.07) is 4.90. The van der Waals surface area contributed by atoms with Gasteiger partial charge in [-0.3, -0.25) is 0 Å². The number of ether oxygens (including phenoxy) is 3. The van der Waals surface area contributed by atoms with E-state index in [9.17, 15) is 0 Å². The molecule has 0 aromatic carbocycles. The summed E-state index contributed by atoms with van der Waals surface area (Å²) in [7, 11) is 4.55. The van der Waals surface area contributed by atoms with E-state index in [4.69, 9.17) is 25.8 Å². The Morgan fingerprint density at radius 3 is 1.84 bits per heavy atom. The van der Waals surface area contributed by atoms with Crippen LogP contribution in [0.3, 0.4) is 0 Å². The van der Waals surface area contributed by atoms with Crippen molar-refractivity contribution in [3.63, 3.8) is 0 Å². The lowest BCUT2D eigenvalue weighted by Crippen LogP contribution is -1.98. The first-order chi connectivity index (χ1) is 9.16. The minimum Gasteiger partial charge on any atom is -0.481 e. The summed E-state index contributed by atoms with van der Waals surface area (Å²) in [5.74, 6) is 1.59. The number of hydrogen-bond donors (Lipinski definition) is 0. The average Bonchev–Trinajstić information content (AvgIpc) is 2.45.